The van der Waals surface area contributed by atoms with Crippen molar-refractivity contribution >= 4 is 56.6 Å². The highest BCUT2D eigenvalue weighted by molar-refractivity contribution is 8.22. The van der Waals surface area contributed by atoms with E-state index >= 15 is 0 Å². The van der Waals surface area contributed by atoms with Crippen LogP contribution in [0.4, 0.5) is 17.1 Å². The number of halogens is 1. The molecule has 1 aliphatic heterocycles. The summed E-state index contributed by atoms with van der Waals surface area (Å²) in [5.74, 6) is 0. The van der Waals surface area contributed by atoms with Crippen molar-refractivity contribution in [2.45, 2.75) is 0 Å². The van der Waals surface area contributed by atoms with E-state index in [-0.39, 0.29) is 5.69 Å². The number of hydrogen-bond acceptors (Lipinski definition) is 5. The minimum atomic E-state index is -0.419. The van der Waals surface area contributed by atoms with Gasteiger partial charge in [0.05, 0.1) is 10.6 Å². The summed E-state index contributed by atoms with van der Waals surface area (Å²) in [7, 11) is 0. The van der Waals surface area contributed by atoms with E-state index in [1.807, 2.05) is 48.5 Å². The molecule has 4 rings (SSSR count). The fourth-order valence-electron chi connectivity index (χ4n) is 2.75. The number of anilines is 1. The van der Waals surface area contributed by atoms with Crippen LogP contribution in [-0.4, -0.2) is 10.1 Å². The number of thioether (sulfide) groups is 1. The molecule has 0 saturated heterocycles. The molecule has 0 radical (unpaired) electrons. The zero-order valence-corrected chi connectivity index (χ0v) is 16.1. The second-order valence-electron chi connectivity index (χ2n) is 6.03. The van der Waals surface area contributed by atoms with Crippen molar-refractivity contribution in [3.05, 3.63) is 99.1 Å². The Balaban J connectivity index is 1.68. The molecule has 7 heteroatoms. The molecule has 1 aliphatic rings. The van der Waals surface area contributed by atoms with Crippen LogP contribution in [0.5, 0.6) is 0 Å². The average molecular weight is 408 g/mol. The van der Waals surface area contributed by atoms with E-state index < -0.39 is 4.92 Å². The largest absolute Gasteiger partial charge is 0.334 e. The number of benzene rings is 3. The molecule has 0 atom stereocenters. The van der Waals surface area contributed by atoms with Gasteiger partial charge >= 0.3 is 0 Å². The predicted octanol–water partition coefficient (Wildman–Crippen LogP) is 6.59. The molecule has 0 aliphatic carbocycles. The van der Waals surface area contributed by atoms with Gasteiger partial charge in [-0.25, -0.2) is 4.99 Å². The van der Waals surface area contributed by atoms with E-state index in [1.165, 1.54) is 23.9 Å². The Bertz CT molecular complexity index is 1100. The first kappa shape index (κ1) is 18.3. The lowest BCUT2D eigenvalue weighted by atomic mass is 10.1. The van der Waals surface area contributed by atoms with Gasteiger partial charge in [0.2, 0.25) is 0 Å². The van der Waals surface area contributed by atoms with Crippen molar-refractivity contribution < 1.29 is 4.92 Å². The highest BCUT2D eigenvalue weighted by atomic mass is 35.5. The van der Waals surface area contributed by atoms with Crippen LogP contribution in [0.3, 0.4) is 0 Å². The third-order valence-electron chi connectivity index (χ3n) is 4.08. The summed E-state index contributed by atoms with van der Waals surface area (Å²) in [5.41, 5.74) is 3.64. The highest BCUT2D eigenvalue weighted by Crippen LogP contribution is 2.42. The topological polar surface area (TPSA) is 67.5 Å². The first-order chi connectivity index (χ1) is 13.6. The Morgan fingerprint density at radius 3 is 2.50 bits per heavy atom. The summed E-state index contributed by atoms with van der Waals surface area (Å²) in [6, 6.07) is 21.9. The Labute approximate surface area is 170 Å². The maximum absolute atomic E-state index is 10.8. The number of amidine groups is 1. The summed E-state index contributed by atoms with van der Waals surface area (Å²) in [5, 5.41) is 15.4. The van der Waals surface area contributed by atoms with Crippen molar-refractivity contribution in [3.8, 4) is 0 Å². The predicted molar refractivity (Wildman–Crippen MR) is 117 cm³/mol. The van der Waals surface area contributed by atoms with Crippen LogP contribution in [0, 0.1) is 10.1 Å². The van der Waals surface area contributed by atoms with Gasteiger partial charge in [-0.05, 0) is 42.0 Å². The maximum Gasteiger partial charge on any atom is 0.269 e. The lowest BCUT2D eigenvalue weighted by Crippen LogP contribution is -2.10. The molecule has 3 aromatic carbocycles. The molecular weight excluding hydrogens is 394 g/mol. The Morgan fingerprint density at radius 1 is 1.04 bits per heavy atom. The fraction of sp³-hybridized carbons (Fsp3) is 0. The van der Waals surface area contributed by atoms with E-state index in [9.17, 15) is 10.1 Å². The number of rotatable bonds is 3. The van der Waals surface area contributed by atoms with Crippen LogP contribution in [0.2, 0.25) is 5.02 Å². The van der Waals surface area contributed by atoms with Crippen molar-refractivity contribution in [1.29, 1.82) is 0 Å². The van der Waals surface area contributed by atoms with Crippen LogP contribution in [-0.2, 0) is 0 Å². The van der Waals surface area contributed by atoms with Crippen molar-refractivity contribution in [2.24, 2.45) is 4.99 Å². The molecule has 0 aromatic heterocycles. The van der Waals surface area contributed by atoms with Gasteiger partial charge in [-0.3, -0.25) is 10.1 Å². The van der Waals surface area contributed by atoms with Gasteiger partial charge in [-0.1, -0.05) is 53.7 Å². The number of aliphatic imine (C=N–C) groups is 1. The molecule has 5 nitrogen and oxygen atoms in total. The molecule has 1 N–H and O–H groups in total. The van der Waals surface area contributed by atoms with Crippen LogP contribution in [0.25, 0.3) is 11.0 Å². The minimum absolute atomic E-state index is 0.0495. The SMILES string of the molecule is O=[N+]([O-])c1ccc(NC2=Nc3ccc(Cl)cc3/C(=C/c3ccccc3)S2)cc1. The molecule has 0 amide bonds. The van der Waals surface area contributed by atoms with Gasteiger partial charge < -0.3 is 5.32 Å². The van der Waals surface area contributed by atoms with Gasteiger partial charge in [0.15, 0.2) is 5.17 Å². The van der Waals surface area contributed by atoms with Crippen molar-refractivity contribution in [2.75, 3.05) is 5.32 Å². The van der Waals surface area contributed by atoms with Crippen LogP contribution in [0.15, 0.2) is 77.8 Å². The van der Waals surface area contributed by atoms with E-state index in [0.29, 0.717) is 10.2 Å². The number of nitro benzene ring substituents is 1. The third kappa shape index (κ3) is 4.08. The molecule has 0 unspecified atom stereocenters. The molecule has 138 valence electrons. The molecule has 1 heterocycles. The van der Waals surface area contributed by atoms with Gasteiger partial charge in [0, 0.05) is 33.3 Å². The number of hydrogen-bond donors (Lipinski definition) is 1. The minimum Gasteiger partial charge on any atom is -0.334 e. The quantitative estimate of drug-likeness (QED) is 0.392. The number of nitrogens with zero attached hydrogens (tertiary/aromatic N) is 2. The van der Waals surface area contributed by atoms with Gasteiger partial charge in [0.25, 0.3) is 5.69 Å². The summed E-state index contributed by atoms with van der Waals surface area (Å²) in [6.07, 6.45) is 2.09. The first-order valence-electron chi connectivity index (χ1n) is 8.43. The zero-order valence-electron chi connectivity index (χ0n) is 14.5. The fourth-order valence-corrected chi connectivity index (χ4v) is 3.91. The summed E-state index contributed by atoms with van der Waals surface area (Å²) >= 11 is 7.69. The standard InChI is InChI=1S/C21H14ClN3O2S/c22-15-6-11-19-18(13-15)20(12-14-4-2-1-3-5-14)28-21(24-19)23-16-7-9-17(10-8-16)25(26)27/h1-13H,(H,23,24)/b20-12-. The Morgan fingerprint density at radius 2 is 1.79 bits per heavy atom. The summed E-state index contributed by atoms with van der Waals surface area (Å²) in [6.45, 7) is 0. The van der Waals surface area contributed by atoms with E-state index in [2.05, 4.69) is 16.4 Å². The lowest BCUT2D eigenvalue weighted by molar-refractivity contribution is -0.384. The lowest BCUT2D eigenvalue weighted by Gasteiger charge is -2.19. The van der Waals surface area contributed by atoms with Gasteiger partial charge in [-0.15, -0.1) is 0 Å². The maximum atomic E-state index is 10.8. The average Bonchev–Trinajstić information content (AvgIpc) is 2.70. The third-order valence-corrected chi connectivity index (χ3v) is 5.26. The molecule has 3 aromatic rings. The monoisotopic (exact) mass is 407 g/mol. The second kappa shape index (κ2) is 7.88. The molecule has 0 fully saturated rings. The van der Waals surface area contributed by atoms with Gasteiger partial charge in [0.1, 0.15) is 0 Å². The molecule has 0 bridgehead atoms. The zero-order chi connectivity index (χ0) is 19.5. The smallest absolute Gasteiger partial charge is 0.269 e. The van der Waals surface area contributed by atoms with E-state index in [4.69, 9.17) is 11.6 Å². The number of non-ortho nitro benzene ring substituents is 1. The normalized spacial score (nSPS) is 14.3. The Hall–Kier alpha value is -3.09. The van der Waals surface area contributed by atoms with Crippen LogP contribution < -0.4 is 5.32 Å². The number of nitro groups is 1. The molecule has 28 heavy (non-hydrogen) atoms. The van der Waals surface area contributed by atoms with Crippen molar-refractivity contribution in [1.82, 2.24) is 0 Å². The molecular formula is C21H14ClN3O2S. The molecule has 0 spiro atoms. The summed E-state index contributed by atoms with van der Waals surface area (Å²) < 4.78 is 0. The van der Waals surface area contributed by atoms with Gasteiger partial charge in [-0.2, -0.15) is 0 Å². The van der Waals surface area contributed by atoms with Crippen molar-refractivity contribution in [3.63, 3.8) is 0 Å². The highest BCUT2D eigenvalue weighted by Gasteiger charge is 2.19. The number of fused-ring (bicyclic) bond motifs is 1. The summed E-state index contributed by atoms with van der Waals surface area (Å²) in [4.78, 5) is 16.1. The van der Waals surface area contributed by atoms with E-state index in [1.54, 1.807) is 12.1 Å². The number of nitrogens with one attached hydrogen (secondary N) is 1. The Kier molecular flexibility index (Phi) is 5.14. The van der Waals surface area contributed by atoms with E-state index in [0.717, 1.165) is 27.4 Å². The molecule has 0 saturated carbocycles. The van der Waals surface area contributed by atoms with Crippen LogP contribution >= 0.6 is 23.4 Å². The van der Waals surface area contributed by atoms with Crippen LogP contribution in [0.1, 0.15) is 11.1 Å². The second-order valence-corrected chi connectivity index (χ2v) is 7.50. The first-order valence-corrected chi connectivity index (χ1v) is 9.63.